The van der Waals surface area contributed by atoms with Crippen molar-refractivity contribution in [3.63, 3.8) is 0 Å². The molecule has 0 unspecified atom stereocenters. The van der Waals surface area contributed by atoms with Gasteiger partial charge < -0.3 is 5.32 Å². The molecule has 0 aliphatic carbocycles. The van der Waals surface area contributed by atoms with Crippen LogP contribution in [0.2, 0.25) is 0 Å². The zero-order valence-corrected chi connectivity index (χ0v) is 13.9. The topological polar surface area (TPSA) is 15.3 Å². The van der Waals surface area contributed by atoms with Crippen LogP contribution in [-0.2, 0) is 0 Å². The molecule has 4 heteroatoms. The molecule has 1 atom stereocenters. The maximum absolute atomic E-state index is 13.4. The van der Waals surface area contributed by atoms with Gasteiger partial charge in [0.2, 0.25) is 0 Å². The summed E-state index contributed by atoms with van der Waals surface area (Å²) < 4.78 is 14.0. The van der Waals surface area contributed by atoms with E-state index in [1.807, 2.05) is 12.1 Å². The van der Waals surface area contributed by atoms with Crippen LogP contribution < -0.4 is 5.32 Å². The highest BCUT2D eigenvalue weighted by atomic mass is 79.9. The van der Waals surface area contributed by atoms with E-state index in [2.05, 4.69) is 40.0 Å². The molecule has 0 bridgehead atoms. The number of nitrogens with zero attached hydrogens (tertiary/aromatic N) is 1. The second kappa shape index (κ2) is 7.53. The Morgan fingerprint density at radius 2 is 1.95 bits per heavy atom. The molecule has 1 saturated heterocycles. The Balaban J connectivity index is 2.17. The lowest BCUT2D eigenvalue weighted by atomic mass is 9.96. The summed E-state index contributed by atoms with van der Waals surface area (Å²) in [5, 5.41) is 3.40. The van der Waals surface area contributed by atoms with Crippen molar-refractivity contribution in [3.8, 4) is 0 Å². The molecule has 0 spiro atoms. The summed E-state index contributed by atoms with van der Waals surface area (Å²) >= 11 is 3.31. The lowest BCUT2D eigenvalue weighted by molar-refractivity contribution is 0.159. The minimum atomic E-state index is -0.184. The summed E-state index contributed by atoms with van der Waals surface area (Å²) in [6.07, 6.45) is 2.33. The Morgan fingerprint density at radius 1 is 1.25 bits per heavy atom. The molecule has 1 fully saturated rings. The van der Waals surface area contributed by atoms with Gasteiger partial charge in [0.15, 0.2) is 0 Å². The van der Waals surface area contributed by atoms with E-state index in [0.29, 0.717) is 16.4 Å². The Hall–Kier alpha value is -0.450. The SMILES string of the molecule is CC(C)CC[C@H](c1ccc(F)c(Br)c1)N1CCNCC1. The van der Waals surface area contributed by atoms with Gasteiger partial charge in [-0.3, -0.25) is 4.90 Å². The summed E-state index contributed by atoms with van der Waals surface area (Å²) in [5.74, 6) is 0.515. The number of hydrogen-bond acceptors (Lipinski definition) is 2. The van der Waals surface area contributed by atoms with Crippen LogP contribution in [0, 0.1) is 11.7 Å². The standard InChI is InChI=1S/C16H24BrFN2/c1-12(2)3-6-16(20-9-7-19-8-10-20)13-4-5-15(18)14(17)11-13/h4-5,11-12,16,19H,3,6-10H2,1-2H3/t16-/m1/s1. The Kier molecular flexibility index (Phi) is 6.00. The van der Waals surface area contributed by atoms with Gasteiger partial charge in [-0.05, 0) is 52.4 Å². The number of piperazine rings is 1. The lowest BCUT2D eigenvalue weighted by Gasteiger charge is -2.35. The second-order valence-corrected chi connectivity index (χ2v) is 6.80. The fourth-order valence-corrected chi connectivity index (χ4v) is 3.16. The van der Waals surface area contributed by atoms with Crippen molar-refractivity contribution in [1.82, 2.24) is 10.2 Å². The highest BCUT2D eigenvalue weighted by Gasteiger charge is 2.22. The van der Waals surface area contributed by atoms with Gasteiger partial charge in [0.25, 0.3) is 0 Å². The zero-order valence-electron chi connectivity index (χ0n) is 12.3. The second-order valence-electron chi connectivity index (χ2n) is 5.95. The first-order valence-corrected chi connectivity index (χ1v) is 8.27. The van der Waals surface area contributed by atoms with Crippen LogP contribution in [0.15, 0.2) is 22.7 Å². The van der Waals surface area contributed by atoms with Crippen molar-refractivity contribution in [2.45, 2.75) is 32.7 Å². The highest BCUT2D eigenvalue weighted by molar-refractivity contribution is 9.10. The van der Waals surface area contributed by atoms with E-state index in [4.69, 9.17) is 0 Å². The number of rotatable bonds is 5. The summed E-state index contributed by atoms with van der Waals surface area (Å²) in [6, 6.07) is 5.86. The molecule has 1 N–H and O–H groups in total. The van der Waals surface area contributed by atoms with Gasteiger partial charge in [-0.15, -0.1) is 0 Å². The van der Waals surface area contributed by atoms with E-state index in [1.165, 1.54) is 12.0 Å². The molecule has 112 valence electrons. The third-order valence-corrected chi connectivity index (χ3v) is 4.55. The lowest BCUT2D eigenvalue weighted by Crippen LogP contribution is -2.45. The quantitative estimate of drug-likeness (QED) is 0.870. The first-order valence-electron chi connectivity index (χ1n) is 7.47. The Bertz CT molecular complexity index is 430. The predicted octanol–water partition coefficient (Wildman–Crippen LogP) is 3.97. The van der Waals surface area contributed by atoms with Crippen LogP contribution in [0.5, 0.6) is 0 Å². The van der Waals surface area contributed by atoms with E-state index in [1.54, 1.807) is 6.07 Å². The van der Waals surface area contributed by atoms with Crippen molar-refractivity contribution >= 4 is 15.9 Å². The van der Waals surface area contributed by atoms with Crippen LogP contribution in [0.25, 0.3) is 0 Å². The maximum Gasteiger partial charge on any atom is 0.137 e. The van der Waals surface area contributed by atoms with Gasteiger partial charge in [0.1, 0.15) is 5.82 Å². The molecule has 2 rings (SSSR count). The molecule has 0 radical (unpaired) electrons. The normalized spacial score (nSPS) is 18.4. The number of halogens is 2. The largest absolute Gasteiger partial charge is 0.314 e. The van der Waals surface area contributed by atoms with Crippen LogP contribution in [0.3, 0.4) is 0 Å². The smallest absolute Gasteiger partial charge is 0.137 e. The van der Waals surface area contributed by atoms with Crippen molar-refractivity contribution in [2.75, 3.05) is 26.2 Å². The average Bonchev–Trinajstić information content (AvgIpc) is 2.44. The fraction of sp³-hybridized carbons (Fsp3) is 0.625. The average molecular weight is 343 g/mol. The molecule has 1 aliphatic rings. The van der Waals surface area contributed by atoms with Gasteiger partial charge in [-0.2, -0.15) is 0 Å². The summed E-state index contributed by atoms with van der Waals surface area (Å²) in [6.45, 7) is 8.74. The molecule has 0 saturated carbocycles. The van der Waals surface area contributed by atoms with E-state index in [0.717, 1.165) is 32.6 Å². The van der Waals surface area contributed by atoms with Gasteiger partial charge in [0.05, 0.1) is 4.47 Å². The summed E-state index contributed by atoms with van der Waals surface area (Å²) in [7, 11) is 0. The molecular weight excluding hydrogens is 319 g/mol. The van der Waals surface area contributed by atoms with E-state index in [9.17, 15) is 4.39 Å². The van der Waals surface area contributed by atoms with Crippen LogP contribution in [0.4, 0.5) is 4.39 Å². The van der Waals surface area contributed by atoms with E-state index < -0.39 is 0 Å². The first kappa shape index (κ1) is 15.9. The van der Waals surface area contributed by atoms with Crippen molar-refractivity contribution < 1.29 is 4.39 Å². The maximum atomic E-state index is 13.4. The molecule has 20 heavy (non-hydrogen) atoms. The predicted molar refractivity (Wildman–Crippen MR) is 85.4 cm³/mol. The van der Waals surface area contributed by atoms with E-state index in [-0.39, 0.29) is 5.82 Å². The van der Waals surface area contributed by atoms with Crippen molar-refractivity contribution in [3.05, 3.63) is 34.1 Å². The van der Waals surface area contributed by atoms with Crippen molar-refractivity contribution in [1.29, 1.82) is 0 Å². The summed E-state index contributed by atoms with van der Waals surface area (Å²) in [4.78, 5) is 2.53. The molecule has 0 amide bonds. The van der Waals surface area contributed by atoms with E-state index >= 15 is 0 Å². The monoisotopic (exact) mass is 342 g/mol. The molecular formula is C16H24BrFN2. The molecule has 2 nitrogen and oxygen atoms in total. The minimum Gasteiger partial charge on any atom is -0.314 e. The third kappa shape index (κ3) is 4.27. The molecule has 1 aromatic carbocycles. The molecule has 1 heterocycles. The van der Waals surface area contributed by atoms with Crippen molar-refractivity contribution in [2.24, 2.45) is 5.92 Å². The van der Waals surface area contributed by atoms with Gasteiger partial charge in [0, 0.05) is 32.2 Å². The van der Waals surface area contributed by atoms with Crippen LogP contribution in [-0.4, -0.2) is 31.1 Å². The van der Waals surface area contributed by atoms with Crippen LogP contribution >= 0.6 is 15.9 Å². The van der Waals surface area contributed by atoms with Gasteiger partial charge in [-0.1, -0.05) is 19.9 Å². The Morgan fingerprint density at radius 3 is 2.55 bits per heavy atom. The van der Waals surface area contributed by atoms with Crippen LogP contribution in [0.1, 0.15) is 38.3 Å². The number of benzene rings is 1. The summed E-state index contributed by atoms with van der Waals surface area (Å²) in [5.41, 5.74) is 1.22. The third-order valence-electron chi connectivity index (χ3n) is 3.94. The highest BCUT2D eigenvalue weighted by Crippen LogP contribution is 2.30. The fourth-order valence-electron chi connectivity index (χ4n) is 2.76. The Labute approximate surface area is 129 Å². The van der Waals surface area contributed by atoms with Gasteiger partial charge in [-0.25, -0.2) is 4.39 Å². The van der Waals surface area contributed by atoms with Gasteiger partial charge >= 0.3 is 0 Å². The minimum absolute atomic E-state index is 0.184. The molecule has 0 aromatic heterocycles. The number of nitrogens with one attached hydrogen (secondary N) is 1. The number of hydrogen-bond donors (Lipinski definition) is 1. The molecule has 1 aliphatic heterocycles. The molecule has 1 aromatic rings. The zero-order chi connectivity index (χ0) is 14.5. The first-order chi connectivity index (χ1) is 9.58.